The van der Waals surface area contributed by atoms with Gasteiger partial charge in [-0.3, -0.25) is 0 Å². The summed E-state index contributed by atoms with van der Waals surface area (Å²) in [5.41, 5.74) is 2.63. The van der Waals surface area contributed by atoms with Crippen LogP contribution in [0.15, 0.2) is 29.8 Å². The van der Waals surface area contributed by atoms with Crippen molar-refractivity contribution in [2.45, 2.75) is 6.42 Å². The van der Waals surface area contributed by atoms with Crippen molar-refractivity contribution >= 4 is 12.0 Å². The molecule has 2 nitrogen and oxygen atoms in total. The molecule has 0 aromatic heterocycles. The van der Waals surface area contributed by atoms with E-state index >= 15 is 0 Å². The first-order valence-electron chi connectivity index (χ1n) is 3.79. The average molecular weight is 161 g/mol. The van der Waals surface area contributed by atoms with E-state index in [0.29, 0.717) is 12.0 Å². The minimum absolute atomic E-state index is 0.483. The maximum Gasteiger partial charge on any atom is 0.331 e. The monoisotopic (exact) mass is 161 g/mol. The second-order valence-corrected chi connectivity index (χ2v) is 2.85. The molecule has 1 aliphatic rings. The SMILES string of the molecule is O=[13C](O)C1=Cc2ccccc2C1. The summed E-state index contributed by atoms with van der Waals surface area (Å²) in [6.45, 7) is 0. The molecule has 2 heteroatoms. The zero-order valence-electron chi connectivity index (χ0n) is 6.45. The molecule has 1 aromatic carbocycles. The van der Waals surface area contributed by atoms with Gasteiger partial charge in [0.25, 0.3) is 0 Å². The van der Waals surface area contributed by atoms with Gasteiger partial charge in [-0.15, -0.1) is 0 Å². The lowest BCUT2D eigenvalue weighted by atomic mass is 10.1. The van der Waals surface area contributed by atoms with E-state index in [2.05, 4.69) is 0 Å². The summed E-state index contributed by atoms with van der Waals surface area (Å²) in [5, 5.41) is 8.72. The molecule has 0 saturated heterocycles. The van der Waals surface area contributed by atoms with Crippen LogP contribution in [0.5, 0.6) is 0 Å². The zero-order valence-corrected chi connectivity index (χ0v) is 6.45. The Labute approximate surface area is 70.2 Å². The van der Waals surface area contributed by atoms with Crippen molar-refractivity contribution in [1.82, 2.24) is 0 Å². The molecule has 0 bridgehead atoms. The highest BCUT2D eigenvalue weighted by atomic mass is 16.5. The quantitative estimate of drug-likeness (QED) is 0.636. The first kappa shape index (κ1) is 7.10. The Balaban J connectivity index is 2.41. The molecule has 0 spiro atoms. The Morgan fingerprint density at radius 1 is 1.33 bits per heavy atom. The van der Waals surface area contributed by atoms with Gasteiger partial charge in [-0.05, 0) is 17.2 Å². The van der Waals surface area contributed by atoms with Crippen LogP contribution in [0.3, 0.4) is 0 Å². The topological polar surface area (TPSA) is 37.3 Å². The van der Waals surface area contributed by atoms with E-state index in [4.69, 9.17) is 5.11 Å². The van der Waals surface area contributed by atoms with Crippen LogP contribution >= 0.6 is 0 Å². The van der Waals surface area contributed by atoms with Crippen LogP contribution in [0.2, 0.25) is 0 Å². The van der Waals surface area contributed by atoms with Crippen LogP contribution in [0.4, 0.5) is 0 Å². The molecular formula is C10H8O2. The molecule has 0 amide bonds. The summed E-state index contributed by atoms with van der Waals surface area (Å²) in [7, 11) is 0. The average Bonchev–Trinajstić information content (AvgIpc) is 2.46. The van der Waals surface area contributed by atoms with E-state index in [9.17, 15) is 4.79 Å². The number of carbonyl (C=O) groups is 1. The summed E-state index contributed by atoms with van der Waals surface area (Å²) >= 11 is 0. The van der Waals surface area contributed by atoms with Crippen molar-refractivity contribution in [3.63, 3.8) is 0 Å². The number of rotatable bonds is 1. The molecule has 12 heavy (non-hydrogen) atoms. The van der Waals surface area contributed by atoms with Gasteiger partial charge in [-0.25, -0.2) is 4.79 Å². The van der Waals surface area contributed by atoms with Crippen LogP contribution in [0, 0.1) is 0 Å². The molecule has 1 N–H and O–H groups in total. The van der Waals surface area contributed by atoms with Crippen LogP contribution in [-0.2, 0) is 11.2 Å². The summed E-state index contributed by atoms with van der Waals surface area (Å²) in [4.78, 5) is 10.6. The molecule has 0 radical (unpaired) electrons. The number of benzene rings is 1. The van der Waals surface area contributed by atoms with E-state index in [1.54, 1.807) is 6.08 Å². The highest BCUT2D eigenvalue weighted by Gasteiger charge is 2.16. The van der Waals surface area contributed by atoms with Gasteiger partial charge in [0.2, 0.25) is 0 Å². The standard InChI is InChI=1S/C10H8O2/c11-10(12)9-5-7-3-1-2-4-8(7)6-9/h1-5H,6H2,(H,11,12)/i10+1. The lowest BCUT2D eigenvalue weighted by Crippen LogP contribution is -1.99. The largest absolute Gasteiger partial charge is 0.478 e. The second-order valence-electron chi connectivity index (χ2n) is 2.85. The predicted molar refractivity (Wildman–Crippen MR) is 45.8 cm³/mol. The smallest absolute Gasteiger partial charge is 0.331 e. The predicted octanol–water partition coefficient (Wildman–Crippen LogP) is 1.71. The lowest BCUT2D eigenvalue weighted by molar-refractivity contribution is -0.132. The molecule has 0 aliphatic heterocycles. The van der Waals surface area contributed by atoms with Crippen molar-refractivity contribution in [2.75, 3.05) is 0 Å². The van der Waals surface area contributed by atoms with E-state index in [1.165, 1.54) is 0 Å². The van der Waals surface area contributed by atoms with Gasteiger partial charge < -0.3 is 5.11 Å². The third-order valence-corrected chi connectivity index (χ3v) is 2.04. The highest BCUT2D eigenvalue weighted by Crippen LogP contribution is 2.24. The Hall–Kier alpha value is -1.57. The Kier molecular flexibility index (Phi) is 1.47. The molecule has 1 aliphatic carbocycles. The van der Waals surface area contributed by atoms with Crippen LogP contribution in [0.1, 0.15) is 11.1 Å². The fraction of sp³-hybridized carbons (Fsp3) is 0.100. The molecule has 2 rings (SSSR count). The maximum absolute atomic E-state index is 10.6. The number of hydrogen-bond donors (Lipinski definition) is 1. The van der Waals surface area contributed by atoms with Gasteiger partial charge in [-0.2, -0.15) is 0 Å². The molecule has 0 atom stereocenters. The number of carboxylic acid groups (broad SMARTS) is 1. The molecule has 0 unspecified atom stereocenters. The zero-order chi connectivity index (χ0) is 8.55. The number of hydrogen-bond acceptors (Lipinski definition) is 1. The number of carboxylic acids is 1. The van der Waals surface area contributed by atoms with Gasteiger partial charge >= 0.3 is 5.97 Å². The molecule has 0 saturated carbocycles. The van der Waals surface area contributed by atoms with Gasteiger partial charge in [0.1, 0.15) is 0 Å². The van der Waals surface area contributed by atoms with Crippen LogP contribution in [0.25, 0.3) is 6.08 Å². The Bertz CT molecular complexity index is 364. The van der Waals surface area contributed by atoms with Crippen LogP contribution < -0.4 is 0 Å². The number of fused-ring (bicyclic) bond motifs is 1. The van der Waals surface area contributed by atoms with Crippen LogP contribution in [-0.4, -0.2) is 11.1 Å². The van der Waals surface area contributed by atoms with Gasteiger partial charge in [0.15, 0.2) is 0 Å². The van der Waals surface area contributed by atoms with Gasteiger partial charge in [0.05, 0.1) is 0 Å². The maximum atomic E-state index is 10.6. The van der Waals surface area contributed by atoms with E-state index in [0.717, 1.165) is 11.1 Å². The summed E-state index contributed by atoms with van der Waals surface area (Å²) in [5.74, 6) is -0.814. The molecule has 60 valence electrons. The third kappa shape index (κ3) is 1.01. The molecule has 0 heterocycles. The van der Waals surface area contributed by atoms with Crippen molar-refractivity contribution in [3.8, 4) is 0 Å². The number of aliphatic carboxylic acids is 1. The third-order valence-electron chi connectivity index (χ3n) is 2.04. The molecular weight excluding hydrogens is 153 g/mol. The summed E-state index contributed by atoms with van der Waals surface area (Å²) in [6.07, 6.45) is 2.29. The van der Waals surface area contributed by atoms with E-state index in [-0.39, 0.29) is 0 Å². The molecule has 1 aromatic rings. The van der Waals surface area contributed by atoms with Crippen molar-refractivity contribution < 1.29 is 9.90 Å². The first-order chi connectivity index (χ1) is 5.77. The van der Waals surface area contributed by atoms with Gasteiger partial charge in [-0.1, -0.05) is 24.3 Å². The highest BCUT2D eigenvalue weighted by molar-refractivity contribution is 5.95. The van der Waals surface area contributed by atoms with E-state index in [1.807, 2.05) is 24.3 Å². The minimum Gasteiger partial charge on any atom is -0.478 e. The Morgan fingerprint density at radius 3 is 2.75 bits per heavy atom. The van der Waals surface area contributed by atoms with Crippen molar-refractivity contribution in [3.05, 3.63) is 41.0 Å². The van der Waals surface area contributed by atoms with Crippen molar-refractivity contribution in [1.29, 1.82) is 0 Å². The summed E-state index contributed by atoms with van der Waals surface area (Å²) < 4.78 is 0. The first-order valence-corrected chi connectivity index (χ1v) is 3.79. The summed E-state index contributed by atoms with van der Waals surface area (Å²) in [6, 6.07) is 7.74. The fourth-order valence-electron chi connectivity index (χ4n) is 1.42. The van der Waals surface area contributed by atoms with Crippen molar-refractivity contribution in [2.24, 2.45) is 0 Å². The second kappa shape index (κ2) is 2.48. The van der Waals surface area contributed by atoms with Gasteiger partial charge in [0, 0.05) is 12.0 Å². The molecule has 0 fully saturated rings. The van der Waals surface area contributed by atoms with E-state index < -0.39 is 5.97 Å². The Morgan fingerprint density at radius 2 is 2.08 bits per heavy atom. The normalized spacial score (nSPS) is 13.8. The fourth-order valence-corrected chi connectivity index (χ4v) is 1.42. The lowest BCUT2D eigenvalue weighted by Gasteiger charge is -1.94. The minimum atomic E-state index is -0.814.